The molecule has 0 aliphatic carbocycles. The molecule has 1 aliphatic rings. The molecule has 0 radical (unpaired) electrons. The molecule has 0 spiro atoms. The van der Waals surface area contributed by atoms with Gasteiger partial charge in [0.2, 0.25) is 10.0 Å². The zero-order valence-electron chi connectivity index (χ0n) is 14.1. The first-order valence-corrected chi connectivity index (χ1v) is 9.66. The molecular weight excluding hydrogens is 343 g/mol. The number of piperazine rings is 1. The van der Waals surface area contributed by atoms with Crippen molar-refractivity contribution in [3.05, 3.63) is 59.9 Å². The number of nitrogens with one attached hydrogen (secondary N) is 1. The summed E-state index contributed by atoms with van der Waals surface area (Å²) < 4.78 is 45.8. The van der Waals surface area contributed by atoms with Gasteiger partial charge in [0.15, 0.2) is 0 Å². The molecule has 134 valence electrons. The highest BCUT2D eigenvalue weighted by molar-refractivity contribution is 7.89. The molecule has 0 amide bonds. The van der Waals surface area contributed by atoms with Crippen LogP contribution in [-0.2, 0) is 16.6 Å². The van der Waals surface area contributed by atoms with Crippen molar-refractivity contribution >= 4 is 10.0 Å². The van der Waals surface area contributed by atoms with Crippen molar-refractivity contribution in [3.63, 3.8) is 0 Å². The molecule has 1 fully saturated rings. The molecule has 2 aromatic carbocycles. The van der Waals surface area contributed by atoms with Gasteiger partial charge in [-0.25, -0.2) is 12.8 Å². The van der Waals surface area contributed by atoms with Crippen LogP contribution in [0.25, 0.3) is 0 Å². The highest BCUT2D eigenvalue weighted by Crippen LogP contribution is 2.19. The van der Waals surface area contributed by atoms with E-state index in [4.69, 9.17) is 4.74 Å². The summed E-state index contributed by atoms with van der Waals surface area (Å²) in [6, 6.07) is 13.1. The summed E-state index contributed by atoms with van der Waals surface area (Å²) in [5, 5.41) is 0. The number of nitrogens with zero attached hydrogens (tertiary/aromatic N) is 1. The van der Waals surface area contributed by atoms with Crippen LogP contribution in [0.15, 0.2) is 53.4 Å². The van der Waals surface area contributed by atoms with Crippen molar-refractivity contribution in [2.45, 2.75) is 11.4 Å². The topological polar surface area (TPSA) is 51.1 Å². The number of ether oxygens (including phenoxy) is 1. The fourth-order valence-corrected chi connectivity index (χ4v) is 4.47. The van der Waals surface area contributed by atoms with E-state index in [1.54, 1.807) is 43.5 Å². The lowest BCUT2D eigenvalue weighted by Crippen LogP contribution is -3.13. The summed E-state index contributed by atoms with van der Waals surface area (Å²) in [6.45, 7) is 2.74. The van der Waals surface area contributed by atoms with Crippen LogP contribution in [0.4, 0.5) is 4.39 Å². The predicted octanol–water partition coefficient (Wildman–Crippen LogP) is 0.924. The Bertz CT molecular complexity index is 816. The molecule has 0 bridgehead atoms. The smallest absolute Gasteiger partial charge is 0.243 e. The molecular formula is C18H22FN2O3S+. The second-order valence-corrected chi connectivity index (χ2v) is 8.04. The number of quaternary nitrogens is 1. The van der Waals surface area contributed by atoms with Gasteiger partial charge in [-0.3, -0.25) is 0 Å². The van der Waals surface area contributed by atoms with Gasteiger partial charge in [0.05, 0.1) is 38.2 Å². The van der Waals surface area contributed by atoms with Crippen molar-refractivity contribution in [1.29, 1.82) is 0 Å². The van der Waals surface area contributed by atoms with E-state index in [2.05, 4.69) is 0 Å². The van der Waals surface area contributed by atoms with Crippen LogP contribution < -0.4 is 9.64 Å². The summed E-state index contributed by atoms with van der Waals surface area (Å²) in [7, 11) is -1.96. The quantitative estimate of drug-likeness (QED) is 0.858. The van der Waals surface area contributed by atoms with Gasteiger partial charge in [-0.2, -0.15) is 4.31 Å². The number of hydrogen-bond acceptors (Lipinski definition) is 3. The Morgan fingerprint density at radius 1 is 1.08 bits per heavy atom. The van der Waals surface area contributed by atoms with Gasteiger partial charge in [0, 0.05) is 5.56 Å². The highest BCUT2D eigenvalue weighted by Gasteiger charge is 2.30. The lowest BCUT2D eigenvalue weighted by molar-refractivity contribution is -0.917. The molecule has 1 aliphatic heterocycles. The molecule has 5 nitrogen and oxygen atoms in total. The number of methoxy groups -OCH3 is 1. The van der Waals surface area contributed by atoms with Crippen LogP contribution in [0.5, 0.6) is 5.75 Å². The second kappa shape index (κ2) is 7.51. The Morgan fingerprint density at radius 2 is 1.72 bits per heavy atom. The van der Waals surface area contributed by atoms with E-state index < -0.39 is 10.0 Å². The number of halogens is 1. The van der Waals surface area contributed by atoms with Crippen molar-refractivity contribution in [1.82, 2.24) is 4.31 Å². The average Bonchev–Trinajstić information content (AvgIpc) is 2.64. The molecule has 7 heteroatoms. The van der Waals surface area contributed by atoms with E-state index in [9.17, 15) is 12.8 Å². The molecule has 0 unspecified atom stereocenters. The summed E-state index contributed by atoms with van der Waals surface area (Å²) in [4.78, 5) is 1.46. The number of benzene rings is 2. The lowest BCUT2D eigenvalue weighted by Gasteiger charge is -2.31. The fraction of sp³-hybridized carbons (Fsp3) is 0.333. The Hall–Kier alpha value is -1.96. The van der Waals surface area contributed by atoms with Crippen molar-refractivity contribution in [2.75, 3.05) is 33.3 Å². The van der Waals surface area contributed by atoms with E-state index in [0.29, 0.717) is 44.0 Å². The maximum absolute atomic E-state index is 13.8. The summed E-state index contributed by atoms with van der Waals surface area (Å²) in [6.07, 6.45) is 0. The third kappa shape index (κ3) is 4.00. The molecule has 1 saturated heterocycles. The summed E-state index contributed by atoms with van der Waals surface area (Å²) in [5.74, 6) is 0.418. The lowest BCUT2D eigenvalue weighted by atomic mass is 10.2. The molecule has 2 aromatic rings. The SMILES string of the molecule is COc1ccc(S(=O)(=O)N2CC[NH+](Cc3ccccc3F)CC2)cc1. The third-order valence-corrected chi connectivity index (χ3v) is 6.44. The van der Waals surface area contributed by atoms with Gasteiger partial charge in [0.25, 0.3) is 0 Å². The molecule has 1 heterocycles. The van der Waals surface area contributed by atoms with Gasteiger partial charge in [-0.15, -0.1) is 0 Å². The van der Waals surface area contributed by atoms with Gasteiger partial charge in [-0.05, 0) is 30.3 Å². The van der Waals surface area contributed by atoms with Gasteiger partial charge in [0.1, 0.15) is 18.1 Å². The van der Waals surface area contributed by atoms with Crippen LogP contribution in [0.1, 0.15) is 5.56 Å². The first kappa shape index (κ1) is 17.8. The standard InChI is InChI=1S/C18H21FN2O3S/c1-24-16-6-8-17(9-7-16)25(22,23)21-12-10-20(11-13-21)14-15-4-2-3-5-18(15)19/h2-9H,10-14H2,1H3/p+1. The number of sulfonamides is 1. The largest absolute Gasteiger partial charge is 0.497 e. The van der Waals surface area contributed by atoms with Crippen LogP contribution >= 0.6 is 0 Å². The fourth-order valence-electron chi connectivity index (χ4n) is 3.03. The molecule has 0 saturated carbocycles. The molecule has 1 N–H and O–H groups in total. The molecule has 25 heavy (non-hydrogen) atoms. The molecule has 3 rings (SSSR count). The van der Waals surface area contributed by atoms with Gasteiger partial charge in [-0.1, -0.05) is 18.2 Å². The van der Waals surface area contributed by atoms with E-state index in [1.165, 1.54) is 15.3 Å². The summed E-state index contributed by atoms with van der Waals surface area (Å²) >= 11 is 0. The van der Waals surface area contributed by atoms with Gasteiger partial charge >= 0.3 is 0 Å². The Morgan fingerprint density at radius 3 is 2.32 bits per heavy atom. The normalized spacial score (nSPS) is 16.7. The van der Waals surface area contributed by atoms with Crippen LogP contribution in [-0.4, -0.2) is 46.0 Å². The van der Waals surface area contributed by atoms with E-state index in [0.717, 1.165) is 0 Å². The first-order chi connectivity index (χ1) is 12.0. The van der Waals surface area contributed by atoms with Crippen molar-refractivity contribution in [3.8, 4) is 5.75 Å². The number of rotatable bonds is 5. The van der Waals surface area contributed by atoms with Crippen LogP contribution in [0.3, 0.4) is 0 Å². The summed E-state index contributed by atoms with van der Waals surface area (Å²) in [5.41, 5.74) is 0.670. The average molecular weight is 365 g/mol. The molecule has 0 atom stereocenters. The minimum Gasteiger partial charge on any atom is -0.497 e. The maximum Gasteiger partial charge on any atom is 0.243 e. The Balaban J connectivity index is 1.64. The van der Waals surface area contributed by atoms with Gasteiger partial charge < -0.3 is 9.64 Å². The highest BCUT2D eigenvalue weighted by atomic mass is 32.2. The zero-order chi connectivity index (χ0) is 17.9. The number of hydrogen-bond donors (Lipinski definition) is 1. The first-order valence-electron chi connectivity index (χ1n) is 8.22. The minimum absolute atomic E-state index is 0.205. The molecule has 0 aromatic heterocycles. The van der Waals surface area contributed by atoms with Crippen LogP contribution in [0, 0.1) is 5.82 Å². The predicted molar refractivity (Wildman–Crippen MR) is 92.6 cm³/mol. The zero-order valence-corrected chi connectivity index (χ0v) is 14.9. The van der Waals surface area contributed by atoms with E-state index in [-0.39, 0.29) is 10.7 Å². The van der Waals surface area contributed by atoms with E-state index >= 15 is 0 Å². The second-order valence-electron chi connectivity index (χ2n) is 6.10. The Labute approximate surface area is 147 Å². The van der Waals surface area contributed by atoms with E-state index in [1.807, 2.05) is 6.07 Å². The third-order valence-electron chi connectivity index (χ3n) is 4.53. The van der Waals surface area contributed by atoms with Crippen LogP contribution in [0.2, 0.25) is 0 Å². The minimum atomic E-state index is -3.50. The maximum atomic E-state index is 13.8. The Kier molecular flexibility index (Phi) is 5.36. The monoisotopic (exact) mass is 365 g/mol. The van der Waals surface area contributed by atoms with Crippen molar-refractivity contribution in [2.24, 2.45) is 0 Å². The van der Waals surface area contributed by atoms with Crippen molar-refractivity contribution < 1.29 is 22.4 Å².